The highest BCUT2D eigenvalue weighted by molar-refractivity contribution is 5.98. The molecule has 1 aromatic carbocycles. The van der Waals surface area contributed by atoms with Crippen molar-refractivity contribution in [2.24, 2.45) is 0 Å². The normalized spacial score (nSPS) is 18.2. The van der Waals surface area contributed by atoms with E-state index in [1.54, 1.807) is 37.1 Å². The van der Waals surface area contributed by atoms with Gasteiger partial charge in [0.15, 0.2) is 0 Å². The highest BCUT2D eigenvalue weighted by Crippen LogP contribution is 2.23. The number of nitrogens with zero attached hydrogens (tertiary/aromatic N) is 1. The van der Waals surface area contributed by atoms with Crippen molar-refractivity contribution >= 4 is 23.3 Å². The van der Waals surface area contributed by atoms with E-state index in [0.29, 0.717) is 29.9 Å². The van der Waals surface area contributed by atoms with Crippen molar-refractivity contribution in [3.05, 3.63) is 23.8 Å². The van der Waals surface area contributed by atoms with Gasteiger partial charge in [-0.1, -0.05) is 0 Å². The minimum absolute atomic E-state index is 0.0247. The van der Waals surface area contributed by atoms with Crippen molar-refractivity contribution < 1.29 is 14.3 Å². The van der Waals surface area contributed by atoms with E-state index in [-0.39, 0.29) is 18.6 Å². The summed E-state index contributed by atoms with van der Waals surface area (Å²) in [4.78, 5) is 25.5. The Morgan fingerprint density at radius 3 is 2.90 bits per heavy atom. The van der Waals surface area contributed by atoms with Crippen molar-refractivity contribution in [2.45, 2.75) is 19.4 Å². The second kappa shape index (κ2) is 5.81. The number of rotatable bonds is 4. The third kappa shape index (κ3) is 2.84. The van der Waals surface area contributed by atoms with Gasteiger partial charge < -0.3 is 20.7 Å². The van der Waals surface area contributed by atoms with Crippen LogP contribution in [0.2, 0.25) is 0 Å². The Labute approximate surface area is 117 Å². The minimum Gasteiger partial charge on any atom is -0.462 e. The molecule has 0 saturated carbocycles. The molecule has 0 bridgehead atoms. The van der Waals surface area contributed by atoms with Gasteiger partial charge in [-0.25, -0.2) is 4.79 Å². The van der Waals surface area contributed by atoms with E-state index in [0.717, 1.165) is 0 Å². The lowest BCUT2D eigenvalue weighted by atomic mass is 10.1. The largest absolute Gasteiger partial charge is 0.462 e. The molecule has 6 nitrogen and oxygen atoms in total. The summed E-state index contributed by atoms with van der Waals surface area (Å²) in [5.74, 6) is -0.419. The zero-order valence-corrected chi connectivity index (χ0v) is 11.7. The number of amides is 1. The van der Waals surface area contributed by atoms with Crippen LogP contribution < -0.4 is 11.1 Å². The van der Waals surface area contributed by atoms with Gasteiger partial charge in [-0.3, -0.25) is 4.79 Å². The summed E-state index contributed by atoms with van der Waals surface area (Å²) in [7, 11) is 1.76. The van der Waals surface area contributed by atoms with E-state index in [4.69, 9.17) is 10.5 Å². The van der Waals surface area contributed by atoms with E-state index in [1.807, 2.05) is 0 Å². The molecule has 1 heterocycles. The van der Waals surface area contributed by atoms with Crippen LogP contribution >= 0.6 is 0 Å². The van der Waals surface area contributed by atoms with Crippen molar-refractivity contribution in [1.29, 1.82) is 0 Å². The van der Waals surface area contributed by atoms with E-state index in [9.17, 15) is 9.59 Å². The van der Waals surface area contributed by atoms with Crippen LogP contribution in [0.3, 0.4) is 0 Å². The van der Waals surface area contributed by atoms with Crippen molar-refractivity contribution in [1.82, 2.24) is 4.90 Å². The maximum absolute atomic E-state index is 11.9. The van der Waals surface area contributed by atoms with Gasteiger partial charge in [-0.2, -0.15) is 0 Å². The van der Waals surface area contributed by atoms with Crippen molar-refractivity contribution in [3.63, 3.8) is 0 Å². The smallest absolute Gasteiger partial charge is 0.340 e. The average molecular weight is 277 g/mol. The van der Waals surface area contributed by atoms with Crippen LogP contribution in [-0.4, -0.2) is 43.0 Å². The molecule has 3 N–H and O–H groups in total. The van der Waals surface area contributed by atoms with Gasteiger partial charge in [-0.05, 0) is 31.5 Å². The summed E-state index contributed by atoms with van der Waals surface area (Å²) in [5.41, 5.74) is 7.12. The van der Waals surface area contributed by atoms with Gasteiger partial charge in [0.05, 0.1) is 12.2 Å². The molecular weight excluding hydrogens is 258 g/mol. The van der Waals surface area contributed by atoms with Gasteiger partial charge in [0.2, 0.25) is 5.91 Å². The lowest BCUT2D eigenvalue weighted by molar-refractivity contribution is -0.127. The Morgan fingerprint density at radius 1 is 1.55 bits per heavy atom. The van der Waals surface area contributed by atoms with Crippen LogP contribution in [0.5, 0.6) is 0 Å². The molecule has 20 heavy (non-hydrogen) atoms. The number of likely N-dealkylation sites (N-methyl/N-ethyl adjacent to an activating group) is 1. The Bertz CT molecular complexity index is 530. The van der Waals surface area contributed by atoms with Crippen LogP contribution in [0, 0.1) is 0 Å². The Hall–Kier alpha value is -2.24. The highest BCUT2D eigenvalue weighted by atomic mass is 16.5. The fraction of sp³-hybridized carbons (Fsp3) is 0.429. The molecule has 108 valence electrons. The van der Waals surface area contributed by atoms with Crippen LogP contribution in [0.1, 0.15) is 23.7 Å². The molecule has 1 fully saturated rings. The lowest BCUT2D eigenvalue weighted by Gasteiger charge is -2.16. The van der Waals surface area contributed by atoms with Crippen molar-refractivity contribution in [2.75, 3.05) is 31.2 Å². The Balaban J connectivity index is 2.23. The molecule has 0 radical (unpaired) electrons. The first-order valence-electron chi connectivity index (χ1n) is 6.61. The SMILES string of the molecule is CCOC(=O)c1cc(N)ccc1NC1CCN(C)C1=O. The van der Waals surface area contributed by atoms with Crippen LogP contribution in [0.25, 0.3) is 0 Å². The molecule has 0 aromatic heterocycles. The molecule has 2 rings (SSSR count). The minimum atomic E-state index is -0.443. The number of benzene rings is 1. The van der Waals surface area contributed by atoms with Gasteiger partial charge in [0, 0.05) is 25.0 Å². The zero-order valence-electron chi connectivity index (χ0n) is 11.7. The van der Waals surface area contributed by atoms with E-state index >= 15 is 0 Å². The maximum atomic E-state index is 11.9. The lowest BCUT2D eigenvalue weighted by Crippen LogP contribution is -2.31. The number of esters is 1. The van der Waals surface area contributed by atoms with Crippen LogP contribution in [0.4, 0.5) is 11.4 Å². The fourth-order valence-corrected chi connectivity index (χ4v) is 2.21. The van der Waals surface area contributed by atoms with Gasteiger partial charge in [0.1, 0.15) is 6.04 Å². The number of likely N-dealkylation sites (tertiary alicyclic amines) is 1. The number of hydrogen-bond acceptors (Lipinski definition) is 5. The molecule has 1 aliphatic rings. The third-order valence-corrected chi connectivity index (χ3v) is 3.30. The monoisotopic (exact) mass is 277 g/mol. The summed E-state index contributed by atoms with van der Waals surface area (Å²) in [6.45, 7) is 2.74. The highest BCUT2D eigenvalue weighted by Gasteiger charge is 2.29. The molecule has 1 unspecified atom stereocenters. The van der Waals surface area contributed by atoms with E-state index < -0.39 is 5.97 Å². The number of carbonyl (C=O) groups excluding carboxylic acids is 2. The van der Waals surface area contributed by atoms with Gasteiger partial charge in [-0.15, -0.1) is 0 Å². The quantitative estimate of drug-likeness (QED) is 0.635. The molecule has 1 atom stereocenters. The second-order valence-corrected chi connectivity index (χ2v) is 4.77. The molecule has 1 saturated heterocycles. The predicted octanol–water partition coefficient (Wildman–Crippen LogP) is 1.09. The number of anilines is 2. The number of hydrogen-bond donors (Lipinski definition) is 2. The van der Waals surface area contributed by atoms with E-state index in [2.05, 4.69) is 5.32 Å². The zero-order chi connectivity index (χ0) is 14.7. The fourth-order valence-electron chi connectivity index (χ4n) is 2.21. The first-order chi connectivity index (χ1) is 9.52. The molecule has 1 amide bonds. The summed E-state index contributed by atoms with van der Waals surface area (Å²) < 4.78 is 5.01. The first-order valence-corrected chi connectivity index (χ1v) is 6.61. The van der Waals surface area contributed by atoms with Crippen molar-refractivity contribution in [3.8, 4) is 0 Å². The number of nitrogen functional groups attached to an aromatic ring is 1. The molecule has 0 aliphatic carbocycles. The average Bonchev–Trinajstić information content (AvgIpc) is 2.73. The van der Waals surface area contributed by atoms with Crippen LogP contribution in [0.15, 0.2) is 18.2 Å². The topological polar surface area (TPSA) is 84.7 Å². The standard InChI is InChI=1S/C14H19N3O3/c1-3-20-14(19)10-8-9(15)4-5-11(10)16-12-6-7-17(2)13(12)18/h4-5,8,12,16H,3,6-7,15H2,1-2H3. The predicted molar refractivity (Wildman–Crippen MR) is 76.5 cm³/mol. The van der Waals surface area contributed by atoms with Gasteiger partial charge in [0.25, 0.3) is 0 Å². The maximum Gasteiger partial charge on any atom is 0.340 e. The van der Waals surface area contributed by atoms with Gasteiger partial charge >= 0.3 is 5.97 Å². The number of carbonyl (C=O) groups is 2. The second-order valence-electron chi connectivity index (χ2n) is 4.77. The third-order valence-electron chi connectivity index (χ3n) is 3.30. The molecule has 6 heteroatoms. The number of ether oxygens (including phenoxy) is 1. The summed E-state index contributed by atoms with van der Waals surface area (Å²) >= 11 is 0. The molecule has 0 spiro atoms. The van der Waals surface area contributed by atoms with Crippen LogP contribution in [-0.2, 0) is 9.53 Å². The molecule has 1 aromatic rings. The number of nitrogens with two attached hydrogens (primary N) is 1. The summed E-state index contributed by atoms with van der Waals surface area (Å²) in [6, 6.07) is 4.64. The molecule has 1 aliphatic heterocycles. The van der Waals surface area contributed by atoms with E-state index in [1.165, 1.54) is 0 Å². The number of nitrogens with one attached hydrogen (secondary N) is 1. The summed E-state index contributed by atoms with van der Waals surface area (Å²) in [6.07, 6.45) is 0.710. The Kier molecular flexibility index (Phi) is 4.12. The Morgan fingerprint density at radius 2 is 2.30 bits per heavy atom. The summed E-state index contributed by atoms with van der Waals surface area (Å²) in [5, 5.41) is 3.11. The molecular formula is C14H19N3O3. The first kappa shape index (κ1) is 14.2.